The minimum atomic E-state index is -0.628. The molecule has 80 valence electrons. The lowest BCUT2D eigenvalue weighted by Gasteiger charge is -2.03. The van der Waals surface area contributed by atoms with E-state index in [-0.39, 0.29) is 5.56 Å². The summed E-state index contributed by atoms with van der Waals surface area (Å²) in [4.78, 5) is 11.0. The van der Waals surface area contributed by atoms with Gasteiger partial charge in [-0.15, -0.1) is 0 Å². The van der Waals surface area contributed by atoms with E-state index >= 15 is 0 Å². The molecule has 0 bridgehead atoms. The van der Waals surface area contributed by atoms with Crippen molar-refractivity contribution < 1.29 is 9.18 Å². The van der Waals surface area contributed by atoms with Gasteiger partial charge in [0.05, 0.1) is 0 Å². The van der Waals surface area contributed by atoms with Crippen LogP contribution in [0.4, 0.5) is 4.39 Å². The minimum Gasteiger partial charge on any atom is -0.366 e. The van der Waals surface area contributed by atoms with Gasteiger partial charge in [-0.25, -0.2) is 4.39 Å². The Bertz CT molecular complexity index is 523. The number of hydrogen-bond donors (Lipinski definition) is 1. The number of rotatable bonds is 2. The lowest BCUT2D eigenvalue weighted by atomic mass is 10.0. The van der Waals surface area contributed by atoms with E-state index in [1.54, 1.807) is 6.07 Å². The molecule has 0 aliphatic heterocycles. The Hall–Kier alpha value is -2.16. The molecule has 2 aromatic rings. The molecule has 0 fully saturated rings. The van der Waals surface area contributed by atoms with Gasteiger partial charge in [-0.05, 0) is 29.3 Å². The highest BCUT2D eigenvalue weighted by Gasteiger charge is 2.06. The van der Waals surface area contributed by atoms with E-state index in [9.17, 15) is 9.18 Å². The molecule has 3 heteroatoms. The molecule has 2 N–H and O–H groups in total. The molecule has 0 aromatic heterocycles. The lowest BCUT2D eigenvalue weighted by Crippen LogP contribution is -2.11. The average Bonchev–Trinajstić information content (AvgIpc) is 2.29. The SMILES string of the molecule is NC(=O)c1cc(F)cc(-c2ccccc2)c1. The predicted octanol–water partition coefficient (Wildman–Crippen LogP) is 2.59. The maximum Gasteiger partial charge on any atom is 0.248 e. The number of nitrogens with two attached hydrogens (primary N) is 1. The third-order valence-electron chi connectivity index (χ3n) is 2.29. The van der Waals surface area contributed by atoms with Crippen LogP contribution in [-0.4, -0.2) is 5.91 Å². The van der Waals surface area contributed by atoms with Gasteiger partial charge in [0, 0.05) is 5.56 Å². The summed E-state index contributed by atoms with van der Waals surface area (Å²) in [6, 6.07) is 13.4. The van der Waals surface area contributed by atoms with E-state index in [0.29, 0.717) is 5.56 Å². The largest absolute Gasteiger partial charge is 0.366 e. The smallest absolute Gasteiger partial charge is 0.248 e. The summed E-state index contributed by atoms with van der Waals surface area (Å²) in [7, 11) is 0. The molecule has 0 saturated carbocycles. The van der Waals surface area contributed by atoms with Gasteiger partial charge in [0.25, 0.3) is 0 Å². The van der Waals surface area contributed by atoms with Crippen molar-refractivity contribution in [3.8, 4) is 11.1 Å². The molecular weight excluding hydrogens is 205 g/mol. The lowest BCUT2D eigenvalue weighted by molar-refractivity contribution is 0.1000. The summed E-state index contributed by atoms with van der Waals surface area (Å²) in [5.74, 6) is -1.09. The number of amides is 1. The van der Waals surface area contributed by atoms with Crippen LogP contribution in [-0.2, 0) is 0 Å². The van der Waals surface area contributed by atoms with E-state index in [1.165, 1.54) is 6.07 Å². The van der Waals surface area contributed by atoms with Crippen LogP contribution in [0.3, 0.4) is 0 Å². The summed E-state index contributed by atoms with van der Waals surface area (Å²) in [5.41, 5.74) is 6.80. The highest BCUT2D eigenvalue weighted by Crippen LogP contribution is 2.21. The molecule has 1 amide bonds. The van der Waals surface area contributed by atoms with E-state index < -0.39 is 11.7 Å². The van der Waals surface area contributed by atoms with Crippen molar-refractivity contribution in [2.75, 3.05) is 0 Å². The van der Waals surface area contributed by atoms with Gasteiger partial charge in [0.1, 0.15) is 5.82 Å². The van der Waals surface area contributed by atoms with E-state index in [0.717, 1.165) is 11.6 Å². The van der Waals surface area contributed by atoms with Gasteiger partial charge in [0.15, 0.2) is 0 Å². The molecule has 0 saturated heterocycles. The molecule has 0 aliphatic rings. The second-order valence-electron chi connectivity index (χ2n) is 3.46. The predicted molar refractivity (Wildman–Crippen MR) is 60.4 cm³/mol. The van der Waals surface area contributed by atoms with Gasteiger partial charge in [-0.3, -0.25) is 4.79 Å². The van der Waals surface area contributed by atoms with Gasteiger partial charge in [0.2, 0.25) is 5.91 Å². The zero-order valence-electron chi connectivity index (χ0n) is 8.48. The maximum atomic E-state index is 13.3. The van der Waals surface area contributed by atoms with E-state index in [1.807, 2.05) is 30.3 Å². The Balaban J connectivity index is 2.54. The Morgan fingerprint density at radius 1 is 1.00 bits per heavy atom. The first-order valence-electron chi connectivity index (χ1n) is 4.82. The first-order chi connectivity index (χ1) is 7.66. The zero-order chi connectivity index (χ0) is 11.5. The molecule has 2 aromatic carbocycles. The Kier molecular flexibility index (Phi) is 2.68. The van der Waals surface area contributed by atoms with Crippen molar-refractivity contribution in [3.63, 3.8) is 0 Å². The number of benzene rings is 2. The third kappa shape index (κ3) is 2.08. The van der Waals surface area contributed by atoms with Crippen LogP contribution >= 0.6 is 0 Å². The molecule has 0 aliphatic carbocycles. The molecular formula is C13H10FNO. The summed E-state index contributed by atoms with van der Waals surface area (Å²) < 4.78 is 13.3. The highest BCUT2D eigenvalue weighted by molar-refractivity contribution is 5.94. The van der Waals surface area contributed by atoms with E-state index in [2.05, 4.69) is 0 Å². The molecule has 0 spiro atoms. The quantitative estimate of drug-likeness (QED) is 0.822. The van der Waals surface area contributed by atoms with Crippen molar-refractivity contribution in [3.05, 3.63) is 59.9 Å². The molecule has 2 nitrogen and oxygen atoms in total. The van der Waals surface area contributed by atoms with Crippen LogP contribution in [0, 0.1) is 5.82 Å². The van der Waals surface area contributed by atoms with Crippen LogP contribution in [0.1, 0.15) is 10.4 Å². The fourth-order valence-electron chi connectivity index (χ4n) is 1.53. The van der Waals surface area contributed by atoms with Crippen molar-refractivity contribution in [2.24, 2.45) is 5.73 Å². The highest BCUT2D eigenvalue weighted by atomic mass is 19.1. The first-order valence-corrected chi connectivity index (χ1v) is 4.82. The third-order valence-corrected chi connectivity index (χ3v) is 2.29. The Morgan fingerprint density at radius 2 is 1.69 bits per heavy atom. The second kappa shape index (κ2) is 4.14. The fraction of sp³-hybridized carbons (Fsp3) is 0. The van der Waals surface area contributed by atoms with Gasteiger partial charge in [-0.1, -0.05) is 30.3 Å². The van der Waals surface area contributed by atoms with Crippen LogP contribution in [0.15, 0.2) is 48.5 Å². The van der Waals surface area contributed by atoms with E-state index in [4.69, 9.17) is 5.73 Å². The molecule has 0 radical (unpaired) electrons. The number of hydrogen-bond acceptors (Lipinski definition) is 1. The number of carbonyl (C=O) groups excluding carboxylic acids is 1. The van der Waals surface area contributed by atoms with Crippen LogP contribution in [0.5, 0.6) is 0 Å². The summed E-state index contributed by atoms with van der Waals surface area (Å²) in [5, 5.41) is 0. The second-order valence-corrected chi connectivity index (χ2v) is 3.46. The summed E-state index contributed by atoms with van der Waals surface area (Å²) in [6.45, 7) is 0. The fourth-order valence-corrected chi connectivity index (χ4v) is 1.53. The molecule has 0 heterocycles. The van der Waals surface area contributed by atoms with Crippen molar-refractivity contribution >= 4 is 5.91 Å². The average molecular weight is 215 g/mol. The van der Waals surface area contributed by atoms with Crippen LogP contribution < -0.4 is 5.73 Å². The minimum absolute atomic E-state index is 0.179. The van der Waals surface area contributed by atoms with Gasteiger partial charge < -0.3 is 5.73 Å². The first kappa shape index (κ1) is 10.4. The van der Waals surface area contributed by atoms with Crippen molar-refractivity contribution in [1.82, 2.24) is 0 Å². The van der Waals surface area contributed by atoms with Crippen LogP contribution in [0.2, 0.25) is 0 Å². The number of carbonyl (C=O) groups is 1. The Labute approximate surface area is 92.5 Å². The normalized spacial score (nSPS) is 10.1. The van der Waals surface area contributed by atoms with Crippen molar-refractivity contribution in [1.29, 1.82) is 0 Å². The Morgan fingerprint density at radius 3 is 2.31 bits per heavy atom. The molecule has 2 rings (SSSR count). The maximum absolute atomic E-state index is 13.3. The topological polar surface area (TPSA) is 43.1 Å². The van der Waals surface area contributed by atoms with Gasteiger partial charge >= 0.3 is 0 Å². The zero-order valence-corrected chi connectivity index (χ0v) is 8.48. The van der Waals surface area contributed by atoms with Crippen LogP contribution in [0.25, 0.3) is 11.1 Å². The van der Waals surface area contributed by atoms with Gasteiger partial charge in [-0.2, -0.15) is 0 Å². The number of halogens is 1. The molecule has 0 unspecified atom stereocenters. The number of primary amides is 1. The summed E-state index contributed by atoms with van der Waals surface area (Å²) in [6.07, 6.45) is 0. The van der Waals surface area contributed by atoms with Crippen molar-refractivity contribution in [2.45, 2.75) is 0 Å². The molecule has 0 atom stereocenters. The summed E-state index contributed by atoms with van der Waals surface area (Å²) >= 11 is 0. The standard InChI is InChI=1S/C13H10FNO/c14-12-7-10(6-11(8-12)13(15)16)9-4-2-1-3-5-9/h1-8H,(H2,15,16). The monoisotopic (exact) mass is 215 g/mol. The molecule has 16 heavy (non-hydrogen) atoms.